The van der Waals surface area contributed by atoms with Crippen molar-refractivity contribution in [2.24, 2.45) is 0 Å². The molecule has 0 aromatic heterocycles. The smallest absolute Gasteiger partial charge is 0.410 e. The summed E-state index contributed by atoms with van der Waals surface area (Å²) in [5.41, 5.74) is 0.516. The molecule has 0 aliphatic heterocycles. The number of hydrogen-bond acceptors (Lipinski definition) is 4. The standard InChI is InChI=1S/C14H17N3O4/c1-4-8-20-10-15-14(19)21-12-7-5-6-11(9-12)16-13(18)17(2)3/h1,5-7,9H,8,10H2,2-3H3,(H,15,19)(H,16,18). The number of hydrogen-bond donors (Lipinski definition) is 2. The molecule has 2 N–H and O–H groups in total. The summed E-state index contributed by atoms with van der Waals surface area (Å²) < 4.78 is 9.91. The van der Waals surface area contributed by atoms with Gasteiger partial charge in [-0.15, -0.1) is 6.42 Å². The highest BCUT2D eigenvalue weighted by Gasteiger charge is 2.07. The number of amides is 3. The lowest BCUT2D eigenvalue weighted by atomic mass is 10.3. The monoisotopic (exact) mass is 291 g/mol. The fourth-order valence-electron chi connectivity index (χ4n) is 1.24. The fraction of sp³-hybridized carbons (Fsp3) is 0.286. The number of terminal acetylenes is 1. The van der Waals surface area contributed by atoms with Crippen molar-refractivity contribution in [2.45, 2.75) is 0 Å². The molecule has 0 atom stereocenters. The van der Waals surface area contributed by atoms with Crippen molar-refractivity contribution in [2.75, 3.05) is 32.7 Å². The van der Waals surface area contributed by atoms with Gasteiger partial charge >= 0.3 is 12.1 Å². The average molecular weight is 291 g/mol. The lowest BCUT2D eigenvalue weighted by molar-refractivity contribution is 0.135. The zero-order valence-corrected chi connectivity index (χ0v) is 11.9. The molecule has 0 unspecified atom stereocenters. The highest BCUT2D eigenvalue weighted by atomic mass is 16.6. The number of urea groups is 1. The third-order valence-electron chi connectivity index (χ3n) is 2.21. The molecule has 7 nitrogen and oxygen atoms in total. The average Bonchev–Trinajstić information content (AvgIpc) is 2.44. The number of ether oxygens (including phenoxy) is 2. The van der Waals surface area contributed by atoms with Crippen LogP contribution in [0.25, 0.3) is 0 Å². The molecule has 0 aliphatic rings. The van der Waals surface area contributed by atoms with E-state index in [9.17, 15) is 9.59 Å². The second-order valence-corrected chi connectivity index (χ2v) is 4.12. The van der Waals surface area contributed by atoms with Gasteiger partial charge in [0.2, 0.25) is 0 Å². The van der Waals surface area contributed by atoms with E-state index in [0.29, 0.717) is 11.4 Å². The normalized spacial score (nSPS) is 9.38. The zero-order chi connectivity index (χ0) is 15.7. The maximum absolute atomic E-state index is 11.5. The third kappa shape index (κ3) is 6.31. The van der Waals surface area contributed by atoms with E-state index in [1.807, 2.05) is 0 Å². The summed E-state index contributed by atoms with van der Waals surface area (Å²) in [6.07, 6.45) is 4.31. The summed E-state index contributed by atoms with van der Waals surface area (Å²) in [4.78, 5) is 24.4. The van der Waals surface area contributed by atoms with Crippen molar-refractivity contribution >= 4 is 17.8 Å². The number of nitrogens with zero attached hydrogens (tertiary/aromatic N) is 1. The highest BCUT2D eigenvalue weighted by Crippen LogP contribution is 2.17. The van der Waals surface area contributed by atoms with Gasteiger partial charge in [0, 0.05) is 25.8 Å². The molecule has 0 radical (unpaired) electrons. The molecule has 112 valence electrons. The number of carbonyl (C=O) groups excluding carboxylic acids is 2. The summed E-state index contributed by atoms with van der Waals surface area (Å²) in [6, 6.07) is 6.18. The lowest BCUT2D eigenvalue weighted by Crippen LogP contribution is -2.29. The zero-order valence-electron chi connectivity index (χ0n) is 11.9. The largest absolute Gasteiger partial charge is 0.414 e. The molecule has 7 heteroatoms. The molecule has 0 bridgehead atoms. The molecular weight excluding hydrogens is 274 g/mol. The van der Waals surface area contributed by atoms with Crippen LogP contribution in [0.4, 0.5) is 15.3 Å². The molecule has 0 saturated heterocycles. The van der Waals surface area contributed by atoms with Crippen LogP contribution in [0, 0.1) is 12.3 Å². The quantitative estimate of drug-likeness (QED) is 0.489. The molecule has 1 aromatic carbocycles. The molecule has 0 heterocycles. The van der Waals surface area contributed by atoms with Crippen molar-refractivity contribution in [3.05, 3.63) is 24.3 Å². The maximum atomic E-state index is 11.5. The van der Waals surface area contributed by atoms with Gasteiger partial charge in [-0.2, -0.15) is 0 Å². The van der Waals surface area contributed by atoms with E-state index >= 15 is 0 Å². The SMILES string of the molecule is C#CCOCNC(=O)Oc1cccc(NC(=O)N(C)C)c1. The fourth-order valence-corrected chi connectivity index (χ4v) is 1.24. The van der Waals surface area contributed by atoms with Gasteiger partial charge in [-0.1, -0.05) is 12.0 Å². The van der Waals surface area contributed by atoms with E-state index in [1.54, 1.807) is 32.3 Å². The van der Waals surface area contributed by atoms with E-state index in [0.717, 1.165) is 0 Å². The van der Waals surface area contributed by atoms with Gasteiger partial charge in [-0.3, -0.25) is 5.32 Å². The van der Waals surface area contributed by atoms with Gasteiger partial charge in [0.05, 0.1) is 0 Å². The molecule has 1 aromatic rings. The number of nitrogens with one attached hydrogen (secondary N) is 2. The minimum absolute atomic E-state index is 0.0416. The van der Waals surface area contributed by atoms with Gasteiger partial charge < -0.3 is 19.7 Å². The van der Waals surface area contributed by atoms with Crippen molar-refractivity contribution in [1.82, 2.24) is 10.2 Å². The van der Waals surface area contributed by atoms with E-state index in [4.69, 9.17) is 15.9 Å². The molecule has 0 spiro atoms. The van der Waals surface area contributed by atoms with Crippen molar-refractivity contribution in [3.63, 3.8) is 0 Å². The predicted octanol–water partition coefficient (Wildman–Crippen LogP) is 1.48. The van der Waals surface area contributed by atoms with Crippen LogP contribution in [-0.2, 0) is 4.74 Å². The Morgan fingerprint density at radius 1 is 1.38 bits per heavy atom. The van der Waals surface area contributed by atoms with Crippen molar-refractivity contribution in [1.29, 1.82) is 0 Å². The topological polar surface area (TPSA) is 79.9 Å². The van der Waals surface area contributed by atoms with Crippen LogP contribution < -0.4 is 15.4 Å². The molecule has 0 saturated carbocycles. The molecule has 0 aliphatic carbocycles. The number of rotatable bonds is 5. The minimum atomic E-state index is -0.678. The van der Waals surface area contributed by atoms with Gasteiger partial charge in [0.15, 0.2) is 0 Å². The molecule has 1 rings (SSSR count). The Morgan fingerprint density at radius 3 is 2.81 bits per heavy atom. The first-order valence-corrected chi connectivity index (χ1v) is 6.08. The Morgan fingerprint density at radius 2 is 2.14 bits per heavy atom. The van der Waals surface area contributed by atoms with E-state index in [1.165, 1.54) is 11.0 Å². The van der Waals surface area contributed by atoms with Gasteiger partial charge in [0.25, 0.3) is 0 Å². The van der Waals surface area contributed by atoms with Crippen LogP contribution in [0.1, 0.15) is 0 Å². The first-order chi connectivity index (χ1) is 10.0. The minimum Gasteiger partial charge on any atom is -0.410 e. The predicted molar refractivity (Wildman–Crippen MR) is 78.0 cm³/mol. The van der Waals surface area contributed by atoms with Crippen LogP contribution >= 0.6 is 0 Å². The van der Waals surface area contributed by atoms with Crippen LogP contribution in [-0.4, -0.2) is 44.5 Å². The third-order valence-corrected chi connectivity index (χ3v) is 2.21. The summed E-state index contributed by atoms with van der Waals surface area (Å²) in [5, 5.41) is 5.01. The molecule has 0 fully saturated rings. The van der Waals surface area contributed by atoms with Crippen LogP contribution in [0.2, 0.25) is 0 Å². The molecular formula is C14H17N3O4. The second kappa shape index (κ2) is 8.45. The Labute approximate surface area is 123 Å². The molecule has 3 amide bonds. The highest BCUT2D eigenvalue weighted by molar-refractivity contribution is 5.89. The number of anilines is 1. The van der Waals surface area contributed by atoms with Crippen molar-refractivity contribution < 1.29 is 19.1 Å². The Hall–Kier alpha value is -2.72. The number of carbonyl (C=O) groups is 2. The first kappa shape index (κ1) is 16.3. The van der Waals surface area contributed by atoms with Crippen LogP contribution in [0.15, 0.2) is 24.3 Å². The first-order valence-electron chi connectivity index (χ1n) is 6.08. The Bertz CT molecular complexity index is 537. The van der Waals surface area contributed by atoms with Crippen LogP contribution in [0.5, 0.6) is 5.75 Å². The van der Waals surface area contributed by atoms with E-state index < -0.39 is 6.09 Å². The summed E-state index contributed by atoms with van der Waals surface area (Å²) in [5.74, 6) is 2.56. The van der Waals surface area contributed by atoms with Crippen LogP contribution in [0.3, 0.4) is 0 Å². The van der Waals surface area contributed by atoms with Gasteiger partial charge in [-0.25, -0.2) is 9.59 Å². The van der Waals surface area contributed by atoms with E-state index in [-0.39, 0.29) is 19.4 Å². The van der Waals surface area contributed by atoms with Gasteiger partial charge in [0.1, 0.15) is 19.1 Å². The molecule has 21 heavy (non-hydrogen) atoms. The summed E-state index contributed by atoms with van der Waals surface area (Å²) >= 11 is 0. The lowest BCUT2D eigenvalue weighted by Gasteiger charge is -2.12. The van der Waals surface area contributed by atoms with Crippen molar-refractivity contribution in [3.8, 4) is 18.1 Å². The maximum Gasteiger partial charge on any atom is 0.414 e. The number of benzene rings is 1. The second-order valence-electron chi connectivity index (χ2n) is 4.12. The Kier molecular flexibility index (Phi) is 6.57. The van der Waals surface area contributed by atoms with E-state index in [2.05, 4.69) is 16.6 Å². The van der Waals surface area contributed by atoms with Gasteiger partial charge in [-0.05, 0) is 12.1 Å². The Balaban J connectivity index is 2.50. The summed E-state index contributed by atoms with van der Waals surface area (Å²) in [6.45, 7) is 0.0619. The summed E-state index contributed by atoms with van der Waals surface area (Å²) in [7, 11) is 3.25.